The molecule has 3 amide bonds. The topological polar surface area (TPSA) is 84.0 Å². The van der Waals surface area contributed by atoms with Gasteiger partial charge >= 0.3 is 5.97 Å². The van der Waals surface area contributed by atoms with Crippen LogP contribution in [0.3, 0.4) is 0 Å². The lowest BCUT2D eigenvalue weighted by molar-refractivity contribution is -0.139. The number of hydrogen-bond acceptors (Lipinski definition) is 5. The van der Waals surface area contributed by atoms with Crippen molar-refractivity contribution in [3.05, 3.63) is 65.7 Å². The van der Waals surface area contributed by atoms with E-state index in [1.165, 1.54) is 4.90 Å². The van der Waals surface area contributed by atoms with Gasteiger partial charge in [0, 0.05) is 24.7 Å². The summed E-state index contributed by atoms with van der Waals surface area (Å²) in [6, 6.07) is 12.4. The molecule has 0 bridgehead atoms. The number of hydrogen-bond donors (Lipinski definition) is 0. The van der Waals surface area contributed by atoms with Crippen molar-refractivity contribution in [1.82, 2.24) is 0 Å². The molecule has 0 saturated carbocycles. The van der Waals surface area contributed by atoms with Crippen LogP contribution in [-0.4, -0.2) is 30.2 Å². The number of carbonyl (C=O) groups excluding carboxylic acids is 4. The third kappa shape index (κ3) is 4.16. The van der Waals surface area contributed by atoms with Crippen LogP contribution in [0.15, 0.2) is 54.6 Å². The second-order valence-corrected chi connectivity index (χ2v) is 9.84. The maximum Gasteiger partial charge on any atom is 0.316 e. The number of nitrogens with zero attached hydrogens (tertiary/aromatic N) is 2. The summed E-state index contributed by atoms with van der Waals surface area (Å²) in [7, 11) is 0. The van der Waals surface area contributed by atoms with E-state index in [2.05, 4.69) is 0 Å². The highest BCUT2D eigenvalue weighted by atomic mass is 16.5. The fourth-order valence-corrected chi connectivity index (χ4v) is 5.51. The molecule has 2 aromatic rings. The molecule has 0 N–H and O–H groups in total. The second-order valence-electron chi connectivity index (χ2n) is 9.84. The lowest BCUT2D eigenvalue weighted by Gasteiger charge is -2.22. The summed E-state index contributed by atoms with van der Waals surface area (Å²) < 4.78 is 5.61. The Labute approximate surface area is 204 Å². The van der Waals surface area contributed by atoms with Gasteiger partial charge in [-0.1, -0.05) is 31.2 Å². The van der Waals surface area contributed by atoms with Crippen LogP contribution in [0.1, 0.15) is 30.9 Å². The van der Waals surface area contributed by atoms with Gasteiger partial charge in [-0.15, -0.1) is 0 Å². The van der Waals surface area contributed by atoms with Crippen LogP contribution in [0.25, 0.3) is 0 Å². The Morgan fingerprint density at radius 3 is 2.43 bits per heavy atom. The monoisotopic (exact) mass is 472 g/mol. The average Bonchev–Trinajstić information content (AvgIpc) is 3.31. The number of benzene rings is 2. The molecule has 3 aliphatic rings. The molecular weight excluding hydrogens is 444 g/mol. The van der Waals surface area contributed by atoms with Crippen LogP contribution in [-0.2, 0) is 19.2 Å². The zero-order chi connectivity index (χ0) is 24.9. The van der Waals surface area contributed by atoms with E-state index in [9.17, 15) is 19.2 Å². The first-order valence-corrected chi connectivity index (χ1v) is 12.0. The molecule has 2 fully saturated rings. The normalized spacial score (nSPS) is 25.9. The first kappa shape index (κ1) is 23.0. The van der Waals surface area contributed by atoms with E-state index < -0.39 is 11.9 Å². The van der Waals surface area contributed by atoms with Crippen LogP contribution in [0.5, 0.6) is 5.75 Å². The number of amides is 3. The first-order chi connectivity index (χ1) is 16.7. The Bertz CT molecular complexity index is 1250. The predicted octanol–water partition coefficient (Wildman–Crippen LogP) is 3.96. The van der Waals surface area contributed by atoms with Crippen LogP contribution in [0.2, 0.25) is 0 Å². The smallest absolute Gasteiger partial charge is 0.316 e. The maximum atomic E-state index is 13.1. The summed E-state index contributed by atoms with van der Waals surface area (Å²) in [4.78, 5) is 54.5. The summed E-state index contributed by atoms with van der Waals surface area (Å²) in [5.41, 5.74) is 3.27. The molecule has 35 heavy (non-hydrogen) atoms. The molecule has 0 unspecified atom stereocenters. The van der Waals surface area contributed by atoms with Crippen LogP contribution in [0, 0.1) is 37.5 Å². The van der Waals surface area contributed by atoms with Crippen molar-refractivity contribution in [2.75, 3.05) is 16.3 Å². The highest BCUT2D eigenvalue weighted by molar-refractivity contribution is 6.22. The summed E-state index contributed by atoms with van der Waals surface area (Å²) in [5.74, 6) is -2.14. The fraction of sp³-hybridized carbons (Fsp3) is 0.357. The Morgan fingerprint density at radius 2 is 1.71 bits per heavy atom. The van der Waals surface area contributed by atoms with E-state index in [0.717, 1.165) is 16.8 Å². The SMILES string of the molecule is Cc1cc(C)cc(N2C[C@@H](C(=O)Oc3cccc(N4C(=O)[C@H]5[C@@H](C)C=CC[C@H]5C4=O)c3)CC2=O)c1. The number of allylic oxidation sites excluding steroid dienone is 2. The Balaban J connectivity index is 1.30. The zero-order valence-corrected chi connectivity index (χ0v) is 20.1. The highest BCUT2D eigenvalue weighted by Gasteiger charge is 2.50. The van der Waals surface area contributed by atoms with E-state index in [1.807, 2.05) is 51.1 Å². The van der Waals surface area contributed by atoms with Crippen molar-refractivity contribution < 1.29 is 23.9 Å². The summed E-state index contributed by atoms with van der Waals surface area (Å²) in [6.07, 6.45) is 4.57. The van der Waals surface area contributed by atoms with Crippen molar-refractivity contribution in [2.45, 2.75) is 33.6 Å². The number of anilines is 2. The number of aryl methyl sites for hydroxylation is 2. The Hall–Kier alpha value is -3.74. The van der Waals surface area contributed by atoms with Gasteiger partial charge in [-0.05, 0) is 61.6 Å². The van der Waals surface area contributed by atoms with Crippen molar-refractivity contribution in [1.29, 1.82) is 0 Å². The molecule has 180 valence electrons. The number of esters is 1. The highest BCUT2D eigenvalue weighted by Crippen LogP contribution is 2.41. The second kappa shape index (κ2) is 8.80. The minimum absolute atomic E-state index is 0.00347. The molecule has 0 radical (unpaired) electrons. The molecule has 2 saturated heterocycles. The van der Waals surface area contributed by atoms with Crippen molar-refractivity contribution in [3.8, 4) is 5.75 Å². The quantitative estimate of drug-likeness (QED) is 0.291. The van der Waals surface area contributed by atoms with Gasteiger partial charge in [0.25, 0.3) is 0 Å². The molecule has 0 aromatic heterocycles. The molecule has 4 atom stereocenters. The fourth-order valence-electron chi connectivity index (χ4n) is 5.51. The number of rotatable bonds is 4. The predicted molar refractivity (Wildman–Crippen MR) is 131 cm³/mol. The van der Waals surface area contributed by atoms with Crippen molar-refractivity contribution in [2.24, 2.45) is 23.7 Å². The van der Waals surface area contributed by atoms with E-state index >= 15 is 0 Å². The third-order valence-electron chi connectivity index (χ3n) is 7.14. The molecule has 2 aromatic carbocycles. The number of imide groups is 1. The zero-order valence-electron chi connectivity index (χ0n) is 20.1. The molecule has 1 aliphatic carbocycles. The average molecular weight is 473 g/mol. The molecular formula is C28H28N2O5. The van der Waals surface area contributed by atoms with Gasteiger partial charge in [-0.25, -0.2) is 4.90 Å². The minimum Gasteiger partial charge on any atom is -0.426 e. The minimum atomic E-state index is -0.600. The lowest BCUT2D eigenvalue weighted by atomic mass is 9.78. The third-order valence-corrected chi connectivity index (χ3v) is 7.14. The molecule has 0 spiro atoms. The van der Waals surface area contributed by atoms with Crippen LogP contribution < -0.4 is 14.5 Å². The van der Waals surface area contributed by atoms with E-state index in [0.29, 0.717) is 12.1 Å². The van der Waals surface area contributed by atoms with E-state index in [-0.39, 0.29) is 54.2 Å². The lowest BCUT2D eigenvalue weighted by Crippen LogP contribution is -2.31. The van der Waals surface area contributed by atoms with E-state index in [1.54, 1.807) is 29.2 Å². The van der Waals surface area contributed by atoms with Gasteiger partial charge in [-0.3, -0.25) is 19.2 Å². The molecule has 7 nitrogen and oxygen atoms in total. The van der Waals surface area contributed by atoms with Crippen LogP contribution in [0.4, 0.5) is 11.4 Å². The first-order valence-electron chi connectivity index (χ1n) is 12.0. The van der Waals surface area contributed by atoms with Gasteiger partial charge in [0.1, 0.15) is 5.75 Å². The van der Waals surface area contributed by atoms with Gasteiger partial charge in [0.05, 0.1) is 23.4 Å². The molecule has 2 heterocycles. The van der Waals surface area contributed by atoms with Gasteiger partial charge < -0.3 is 9.64 Å². The number of fused-ring (bicyclic) bond motifs is 1. The Morgan fingerprint density at radius 1 is 0.971 bits per heavy atom. The standard InChI is InChI=1S/C28H28N2O5/c1-16-10-17(2)12-21(11-16)29-15-19(13-24(29)31)28(34)35-22-8-5-7-20(14-22)30-26(32)23-9-4-6-18(3)25(23)27(30)33/h4-8,10-12,14,18-19,23,25H,9,13,15H2,1-3H3/t18-,19-,23+,25-/m0/s1. The largest absolute Gasteiger partial charge is 0.426 e. The summed E-state index contributed by atoms with van der Waals surface area (Å²) in [5, 5.41) is 0. The van der Waals surface area contributed by atoms with Crippen molar-refractivity contribution in [3.63, 3.8) is 0 Å². The maximum absolute atomic E-state index is 13.1. The Kier molecular flexibility index (Phi) is 5.79. The van der Waals surface area contributed by atoms with Crippen LogP contribution >= 0.6 is 0 Å². The van der Waals surface area contributed by atoms with E-state index in [4.69, 9.17) is 4.74 Å². The number of carbonyl (C=O) groups is 4. The van der Waals surface area contributed by atoms with Gasteiger partial charge in [-0.2, -0.15) is 0 Å². The van der Waals surface area contributed by atoms with Crippen molar-refractivity contribution >= 4 is 35.1 Å². The summed E-state index contributed by atoms with van der Waals surface area (Å²) in [6.45, 7) is 6.14. The van der Waals surface area contributed by atoms with Gasteiger partial charge in [0.15, 0.2) is 0 Å². The summed E-state index contributed by atoms with van der Waals surface area (Å²) >= 11 is 0. The number of ether oxygens (including phenoxy) is 1. The molecule has 7 heteroatoms. The molecule has 5 rings (SSSR count). The molecule has 2 aliphatic heterocycles. The van der Waals surface area contributed by atoms with Gasteiger partial charge in [0.2, 0.25) is 17.7 Å².